The maximum absolute atomic E-state index is 13.5. The number of nitrogens with one attached hydrogen (secondary N) is 1. The van der Waals surface area contributed by atoms with Gasteiger partial charge in [0.1, 0.15) is 10.6 Å². The van der Waals surface area contributed by atoms with Crippen LogP contribution in [0, 0.1) is 0 Å². The van der Waals surface area contributed by atoms with E-state index in [1.807, 2.05) is 30.3 Å². The van der Waals surface area contributed by atoms with Gasteiger partial charge in [0.05, 0.1) is 17.3 Å². The van der Waals surface area contributed by atoms with E-state index in [1.165, 1.54) is 18.2 Å². The molecular formula is C23H20Cl2N2O4S. The van der Waals surface area contributed by atoms with E-state index in [0.717, 1.165) is 9.87 Å². The van der Waals surface area contributed by atoms with E-state index < -0.39 is 22.0 Å². The topological polar surface area (TPSA) is 75.7 Å². The fourth-order valence-electron chi connectivity index (χ4n) is 3.45. The van der Waals surface area contributed by atoms with Crippen molar-refractivity contribution in [2.45, 2.75) is 17.4 Å². The number of para-hydroxylation sites is 2. The average Bonchev–Trinajstić information content (AvgIpc) is 2.80. The summed E-state index contributed by atoms with van der Waals surface area (Å²) in [6.45, 7) is 0.205. The van der Waals surface area contributed by atoms with Gasteiger partial charge in [-0.1, -0.05) is 65.7 Å². The molecule has 9 heteroatoms. The van der Waals surface area contributed by atoms with Crippen LogP contribution in [0.25, 0.3) is 0 Å². The van der Waals surface area contributed by atoms with Crippen LogP contribution in [0.15, 0.2) is 77.7 Å². The molecule has 0 fully saturated rings. The number of sulfonamides is 1. The highest BCUT2D eigenvalue weighted by atomic mass is 35.5. The molecule has 3 aromatic rings. The van der Waals surface area contributed by atoms with E-state index >= 15 is 0 Å². The van der Waals surface area contributed by atoms with Gasteiger partial charge < -0.3 is 10.1 Å². The van der Waals surface area contributed by atoms with Crippen molar-refractivity contribution >= 4 is 44.8 Å². The van der Waals surface area contributed by atoms with Crippen molar-refractivity contribution in [3.8, 4) is 5.75 Å². The molecule has 32 heavy (non-hydrogen) atoms. The maximum Gasteiger partial charge on any atom is 0.266 e. The molecule has 6 nitrogen and oxygen atoms in total. The quantitative estimate of drug-likeness (QED) is 0.558. The van der Waals surface area contributed by atoms with Crippen molar-refractivity contribution < 1.29 is 17.9 Å². The second-order valence-corrected chi connectivity index (χ2v) is 9.89. The zero-order valence-corrected chi connectivity index (χ0v) is 19.2. The first-order valence-corrected chi connectivity index (χ1v) is 12.1. The maximum atomic E-state index is 13.5. The molecule has 166 valence electrons. The smallest absolute Gasteiger partial charge is 0.266 e. The number of halogens is 2. The summed E-state index contributed by atoms with van der Waals surface area (Å²) >= 11 is 12.2. The van der Waals surface area contributed by atoms with Crippen molar-refractivity contribution in [3.63, 3.8) is 0 Å². The van der Waals surface area contributed by atoms with Crippen LogP contribution in [0.5, 0.6) is 5.75 Å². The number of fused-ring (bicyclic) bond motifs is 1. The molecule has 3 aromatic carbocycles. The monoisotopic (exact) mass is 490 g/mol. The summed E-state index contributed by atoms with van der Waals surface area (Å²) in [5.41, 5.74) is 1.42. The van der Waals surface area contributed by atoms with Gasteiger partial charge in [-0.15, -0.1) is 0 Å². The number of hydrogen-bond acceptors (Lipinski definition) is 4. The Labute approximate surface area is 196 Å². The molecule has 0 radical (unpaired) electrons. The van der Waals surface area contributed by atoms with E-state index in [4.69, 9.17) is 27.9 Å². The summed E-state index contributed by atoms with van der Waals surface area (Å²) in [7, 11) is -4.10. The number of ether oxygens (including phenoxy) is 1. The molecule has 1 amide bonds. The van der Waals surface area contributed by atoms with Crippen LogP contribution in [-0.4, -0.2) is 33.5 Å². The molecule has 1 heterocycles. The molecule has 1 atom stereocenters. The number of hydrogen-bond donors (Lipinski definition) is 1. The van der Waals surface area contributed by atoms with Crippen LogP contribution in [0.1, 0.15) is 5.56 Å². The molecule has 0 saturated heterocycles. The number of amides is 1. The molecule has 1 unspecified atom stereocenters. The minimum Gasteiger partial charge on any atom is -0.476 e. The lowest BCUT2D eigenvalue weighted by atomic mass is 10.1. The van der Waals surface area contributed by atoms with Crippen molar-refractivity contribution in [2.75, 3.05) is 17.4 Å². The van der Waals surface area contributed by atoms with Gasteiger partial charge in [0.25, 0.3) is 15.9 Å². The van der Waals surface area contributed by atoms with Crippen molar-refractivity contribution in [1.29, 1.82) is 0 Å². The number of anilines is 1. The van der Waals surface area contributed by atoms with Gasteiger partial charge in [0, 0.05) is 11.6 Å². The molecular weight excluding hydrogens is 471 g/mol. The Morgan fingerprint density at radius 1 is 1.03 bits per heavy atom. The normalized spacial score (nSPS) is 15.6. The Hall–Kier alpha value is -2.74. The zero-order chi connectivity index (χ0) is 22.7. The van der Waals surface area contributed by atoms with Gasteiger partial charge in [-0.25, -0.2) is 8.42 Å². The Bertz CT molecular complexity index is 1240. The van der Waals surface area contributed by atoms with E-state index in [1.54, 1.807) is 24.3 Å². The largest absolute Gasteiger partial charge is 0.476 e. The molecule has 1 aliphatic rings. The number of carbonyl (C=O) groups excluding carboxylic acids is 1. The van der Waals surface area contributed by atoms with Gasteiger partial charge in [-0.3, -0.25) is 9.10 Å². The lowest BCUT2D eigenvalue weighted by molar-refractivity contribution is -0.127. The minimum absolute atomic E-state index is 0.0437. The van der Waals surface area contributed by atoms with E-state index in [-0.39, 0.29) is 21.5 Å². The van der Waals surface area contributed by atoms with Crippen LogP contribution in [-0.2, 0) is 21.2 Å². The number of rotatable bonds is 6. The van der Waals surface area contributed by atoms with E-state index in [9.17, 15) is 13.2 Å². The highest BCUT2D eigenvalue weighted by Gasteiger charge is 2.38. The zero-order valence-electron chi connectivity index (χ0n) is 16.9. The molecule has 0 saturated carbocycles. The van der Waals surface area contributed by atoms with Crippen LogP contribution in [0.3, 0.4) is 0 Å². The van der Waals surface area contributed by atoms with Crippen LogP contribution in [0.2, 0.25) is 10.0 Å². The molecule has 0 aromatic heterocycles. The summed E-state index contributed by atoms with van der Waals surface area (Å²) in [5.74, 6) is -0.100. The lowest BCUT2D eigenvalue weighted by Gasteiger charge is -2.34. The van der Waals surface area contributed by atoms with Crippen LogP contribution >= 0.6 is 23.2 Å². The van der Waals surface area contributed by atoms with Gasteiger partial charge in [-0.05, 0) is 42.3 Å². The predicted molar refractivity (Wildman–Crippen MR) is 125 cm³/mol. The minimum atomic E-state index is -4.10. The number of benzene rings is 3. The average molecular weight is 491 g/mol. The summed E-state index contributed by atoms with van der Waals surface area (Å²) in [6, 6.07) is 20.6. The van der Waals surface area contributed by atoms with Gasteiger partial charge in [0.15, 0.2) is 6.10 Å². The SMILES string of the molecule is O=C(NCCc1ccccc1)C1CN(S(=O)(=O)c2cc(Cl)ccc2Cl)c2ccccc2O1. The number of carbonyl (C=O) groups is 1. The Morgan fingerprint density at radius 3 is 2.53 bits per heavy atom. The fraction of sp³-hybridized carbons (Fsp3) is 0.174. The van der Waals surface area contributed by atoms with Crippen LogP contribution < -0.4 is 14.4 Å². The van der Waals surface area contributed by atoms with Crippen molar-refractivity contribution in [3.05, 3.63) is 88.4 Å². The molecule has 0 spiro atoms. The third-order valence-electron chi connectivity index (χ3n) is 5.04. The third kappa shape index (κ3) is 4.70. The molecule has 1 aliphatic heterocycles. The lowest BCUT2D eigenvalue weighted by Crippen LogP contribution is -2.51. The number of nitrogens with zero attached hydrogens (tertiary/aromatic N) is 1. The predicted octanol–water partition coefficient (Wildman–Crippen LogP) is 4.31. The van der Waals surface area contributed by atoms with Gasteiger partial charge in [0.2, 0.25) is 0 Å². The molecule has 4 rings (SSSR count). The van der Waals surface area contributed by atoms with Gasteiger partial charge >= 0.3 is 0 Å². The standard InChI is InChI=1S/C23H20Cl2N2O4S/c24-17-10-11-18(25)22(14-17)32(29,30)27-15-21(31-20-9-5-4-8-19(20)27)23(28)26-13-12-16-6-2-1-3-7-16/h1-11,14,21H,12-13,15H2,(H,26,28). The first kappa shape index (κ1) is 22.5. The summed E-state index contributed by atoms with van der Waals surface area (Å²) < 4.78 is 33.9. The molecule has 0 bridgehead atoms. The second-order valence-electron chi connectivity index (χ2n) is 7.21. The van der Waals surface area contributed by atoms with Gasteiger partial charge in [-0.2, -0.15) is 0 Å². The first-order chi connectivity index (χ1) is 15.4. The second kappa shape index (κ2) is 9.40. The first-order valence-electron chi connectivity index (χ1n) is 9.91. The van der Waals surface area contributed by atoms with E-state index in [2.05, 4.69) is 5.32 Å². The van der Waals surface area contributed by atoms with Crippen molar-refractivity contribution in [2.24, 2.45) is 0 Å². The summed E-state index contributed by atoms with van der Waals surface area (Å²) in [6.07, 6.45) is -0.371. The highest BCUT2D eigenvalue weighted by Crippen LogP contribution is 2.38. The Kier molecular flexibility index (Phi) is 6.60. The third-order valence-corrected chi connectivity index (χ3v) is 7.54. The fourth-order valence-corrected chi connectivity index (χ4v) is 5.66. The molecule has 0 aliphatic carbocycles. The van der Waals surface area contributed by atoms with Crippen molar-refractivity contribution in [1.82, 2.24) is 5.32 Å². The summed E-state index contributed by atoms with van der Waals surface area (Å²) in [4.78, 5) is 12.7. The summed E-state index contributed by atoms with van der Waals surface area (Å²) in [5, 5.41) is 3.12. The van der Waals surface area contributed by atoms with Crippen LogP contribution in [0.4, 0.5) is 5.69 Å². The Morgan fingerprint density at radius 2 is 1.75 bits per heavy atom. The highest BCUT2D eigenvalue weighted by molar-refractivity contribution is 7.93. The van der Waals surface area contributed by atoms with E-state index in [0.29, 0.717) is 24.4 Å². The Balaban J connectivity index is 1.58. The molecule has 1 N–H and O–H groups in total.